The summed E-state index contributed by atoms with van der Waals surface area (Å²) in [5, 5.41) is 0. The maximum atomic E-state index is 13.2. The Balaban J connectivity index is 3.04. The molecule has 1 aromatic rings. The van der Waals surface area contributed by atoms with Gasteiger partial charge in [-0.25, -0.2) is 4.39 Å². The van der Waals surface area contributed by atoms with Crippen LogP contribution in [0.25, 0.3) is 0 Å². The number of hydrogen-bond acceptors (Lipinski definition) is 2. The third kappa shape index (κ3) is 2.73. The Bertz CT molecular complexity index is 337. The third-order valence-electron chi connectivity index (χ3n) is 3.11. The molecule has 1 unspecified atom stereocenters. The molecule has 0 fully saturated rings. The van der Waals surface area contributed by atoms with Gasteiger partial charge in [0.15, 0.2) is 0 Å². The zero-order chi connectivity index (χ0) is 12.1. The van der Waals surface area contributed by atoms with Gasteiger partial charge in [-0.3, -0.25) is 0 Å². The molecule has 0 aromatic heterocycles. The first-order chi connectivity index (χ1) is 7.63. The fourth-order valence-electron chi connectivity index (χ4n) is 2.02. The van der Waals surface area contributed by atoms with Gasteiger partial charge < -0.3 is 10.5 Å². The molecule has 0 spiro atoms. The van der Waals surface area contributed by atoms with Crippen LogP contribution in [0.5, 0.6) is 5.75 Å². The average Bonchev–Trinajstić information content (AvgIpc) is 2.30. The molecule has 0 radical (unpaired) electrons. The van der Waals surface area contributed by atoms with Gasteiger partial charge >= 0.3 is 0 Å². The van der Waals surface area contributed by atoms with Crippen molar-refractivity contribution in [2.24, 2.45) is 11.7 Å². The monoisotopic (exact) mass is 225 g/mol. The summed E-state index contributed by atoms with van der Waals surface area (Å²) in [6, 6.07) is 4.33. The standard InChI is InChI=1S/C13H20FNO/c1-4-9(5-2)13(15)11-8-10(14)6-7-12(11)16-3/h6-9,13H,4-5,15H2,1-3H3. The number of methoxy groups -OCH3 is 1. The minimum Gasteiger partial charge on any atom is -0.496 e. The molecule has 90 valence electrons. The highest BCUT2D eigenvalue weighted by Gasteiger charge is 2.20. The normalized spacial score (nSPS) is 12.9. The molecule has 1 rings (SSSR count). The van der Waals surface area contributed by atoms with Crippen molar-refractivity contribution in [3.63, 3.8) is 0 Å². The second-order valence-electron chi connectivity index (χ2n) is 3.99. The molecule has 0 aliphatic heterocycles. The summed E-state index contributed by atoms with van der Waals surface area (Å²) in [5.41, 5.74) is 6.92. The van der Waals surface area contributed by atoms with Crippen LogP contribution in [-0.4, -0.2) is 7.11 Å². The van der Waals surface area contributed by atoms with Gasteiger partial charge in [-0.2, -0.15) is 0 Å². The van der Waals surface area contributed by atoms with E-state index < -0.39 is 0 Å². The SMILES string of the molecule is CCC(CC)C(N)c1cc(F)ccc1OC. The number of rotatable bonds is 5. The second kappa shape index (κ2) is 5.85. The number of benzene rings is 1. The molecule has 0 aliphatic carbocycles. The zero-order valence-electron chi connectivity index (χ0n) is 10.2. The highest BCUT2D eigenvalue weighted by Crippen LogP contribution is 2.31. The van der Waals surface area contributed by atoms with Crippen LogP contribution in [0.4, 0.5) is 4.39 Å². The van der Waals surface area contributed by atoms with Crippen molar-refractivity contribution in [3.8, 4) is 5.75 Å². The van der Waals surface area contributed by atoms with Crippen LogP contribution >= 0.6 is 0 Å². The van der Waals surface area contributed by atoms with Crippen LogP contribution in [-0.2, 0) is 0 Å². The van der Waals surface area contributed by atoms with Gasteiger partial charge in [-0.1, -0.05) is 26.7 Å². The lowest BCUT2D eigenvalue weighted by Gasteiger charge is -2.23. The summed E-state index contributed by atoms with van der Waals surface area (Å²) < 4.78 is 18.4. The predicted molar refractivity (Wildman–Crippen MR) is 64.0 cm³/mol. The third-order valence-corrected chi connectivity index (χ3v) is 3.11. The van der Waals surface area contributed by atoms with E-state index in [1.807, 2.05) is 0 Å². The van der Waals surface area contributed by atoms with Crippen LogP contribution < -0.4 is 10.5 Å². The van der Waals surface area contributed by atoms with Crippen LogP contribution in [0.15, 0.2) is 18.2 Å². The Labute approximate surface area is 96.6 Å². The van der Waals surface area contributed by atoms with E-state index in [4.69, 9.17) is 10.5 Å². The van der Waals surface area contributed by atoms with E-state index in [1.165, 1.54) is 12.1 Å². The topological polar surface area (TPSA) is 35.2 Å². The average molecular weight is 225 g/mol. The van der Waals surface area contributed by atoms with Gasteiger partial charge in [0.1, 0.15) is 11.6 Å². The van der Waals surface area contributed by atoms with Crippen molar-refractivity contribution in [3.05, 3.63) is 29.6 Å². The Morgan fingerprint density at radius 2 is 1.94 bits per heavy atom. The second-order valence-corrected chi connectivity index (χ2v) is 3.99. The molecule has 0 saturated carbocycles. The number of ether oxygens (including phenoxy) is 1. The number of nitrogens with two attached hydrogens (primary N) is 1. The maximum absolute atomic E-state index is 13.2. The van der Waals surface area contributed by atoms with E-state index in [2.05, 4.69) is 13.8 Å². The van der Waals surface area contributed by atoms with Crippen LogP contribution in [0, 0.1) is 11.7 Å². The molecular formula is C13H20FNO. The van der Waals surface area contributed by atoms with Crippen LogP contribution in [0.1, 0.15) is 38.3 Å². The molecule has 0 saturated heterocycles. The van der Waals surface area contributed by atoms with Gasteiger partial charge in [-0.05, 0) is 24.1 Å². The summed E-state index contributed by atoms with van der Waals surface area (Å²) >= 11 is 0. The summed E-state index contributed by atoms with van der Waals surface area (Å²) in [6.45, 7) is 4.19. The summed E-state index contributed by atoms with van der Waals surface area (Å²) in [4.78, 5) is 0. The maximum Gasteiger partial charge on any atom is 0.123 e. The molecule has 0 heterocycles. The molecule has 2 nitrogen and oxygen atoms in total. The molecule has 16 heavy (non-hydrogen) atoms. The fourth-order valence-corrected chi connectivity index (χ4v) is 2.02. The predicted octanol–water partition coefficient (Wildman–Crippen LogP) is 3.27. The lowest BCUT2D eigenvalue weighted by molar-refractivity contribution is 0.369. The van der Waals surface area contributed by atoms with E-state index in [9.17, 15) is 4.39 Å². The lowest BCUT2D eigenvalue weighted by Crippen LogP contribution is -2.21. The van der Waals surface area contributed by atoms with Crippen LogP contribution in [0.2, 0.25) is 0 Å². The van der Waals surface area contributed by atoms with E-state index in [0.29, 0.717) is 11.7 Å². The lowest BCUT2D eigenvalue weighted by atomic mass is 9.89. The Kier molecular flexibility index (Phi) is 4.74. The number of halogens is 1. The van der Waals surface area contributed by atoms with Crippen molar-refractivity contribution < 1.29 is 9.13 Å². The first-order valence-electron chi connectivity index (χ1n) is 5.73. The van der Waals surface area contributed by atoms with Crippen molar-refractivity contribution >= 4 is 0 Å². The summed E-state index contributed by atoms with van der Waals surface area (Å²) in [5.74, 6) is 0.758. The van der Waals surface area contributed by atoms with E-state index in [1.54, 1.807) is 13.2 Å². The fraction of sp³-hybridized carbons (Fsp3) is 0.538. The van der Waals surface area contributed by atoms with Gasteiger partial charge in [-0.15, -0.1) is 0 Å². The van der Waals surface area contributed by atoms with Gasteiger partial charge in [0, 0.05) is 11.6 Å². The Hall–Kier alpha value is -1.09. The molecule has 1 atom stereocenters. The summed E-state index contributed by atoms with van der Waals surface area (Å²) in [7, 11) is 1.58. The van der Waals surface area contributed by atoms with Gasteiger partial charge in [0.05, 0.1) is 7.11 Å². The van der Waals surface area contributed by atoms with E-state index in [-0.39, 0.29) is 11.9 Å². The summed E-state index contributed by atoms with van der Waals surface area (Å²) in [6.07, 6.45) is 1.97. The van der Waals surface area contributed by atoms with E-state index in [0.717, 1.165) is 18.4 Å². The molecule has 2 N–H and O–H groups in total. The minimum absolute atomic E-state index is 0.166. The molecule has 1 aromatic carbocycles. The van der Waals surface area contributed by atoms with Crippen molar-refractivity contribution in [2.75, 3.05) is 7.11 Å². The first kappa shape index (κ1) is 13.0. The zero-order valence-corrected chi connectivity index (χ0v) is 10.2. The van der Waals surface area contributed by atoms with Gasteiger partial charge in [0.25, 0.3) is 0 Å². The van der Waals surface area contributed by atoms with Crippen molar-refractivity contribution in [1.29, 1.82) is 0 Å². The molecular weight excluding hydrogens is 205 g/mol. The quantitative estimate of drug-likeness (QED) is 0.834. The smallest absolute Gasteiger partial charge is 0.123 e. The first-order valence-corrected chi connectivity index (χ1v) is 5.73. The molecule has 3 heteroatoms. The molecule has 0 aliphatic rings. The van der Waals surface area contributed by atoms with E-state index >= 15 is 0 Å². The number of hydrogen-bond donors (Lipinski definition) is 1. The Morgan fingerprint density at radius 1 is 1.31 bits per heavy atom. The Morgan fingerprint density at radius 3 is 2.44 bits per heavy atom. The molecule has 0 amide bonds. The van der Waals surface area contributed by atoms with Crippen molar-refractivity contribution in [2.45, 2.75) is 32.7 Å². The largest absolute Gasteiger partial charge is 0.496 e. The highest BCUT2D eigenvalue weighted by atomic mass is 19.1. The highest BCUT2D eigenvalue weighted by molar-refractivity contribution is 5.36. The molecule has 0 bridgehead atoms. The van der Waals surface area contributed by atoms with Crippen molar-refractivity contribution in [1.82, 2.24) is 0 Å². The van der Waals surface area contributed by atoms with Crippen LogP contribution in [0.3, 0.4) is 0 Å². The van der Waals surface area contributed by atoms with Gasteiger partial charge in [0.2, 0.25) is 0 Å². The minimum atomic E-state index is -0.266.